The number of aryl methyl sites for hydroxylation is 2. The molecule has 7 heteroatoms. The number of fused-ring (bicyclic) bond motifs is 1. The van der Waals surface area contributed by atoms with Gasteiger partial charge >= 0.3 is 11.8 Å². The van der Waals surface area contributed by atoms with Crippen LogP contribution in [0.2, 0.25) is 0 Å². The summed E-state index contributed by atoms with van der Waals surface area (Å²) in [5, 5.41) is 6.34. The summed E-state index contributed by atoms with van der Waals surface area (Å²) in [5.41, 5.74) is 5.45. The lowest BCUT2D eigenvalue weighted by molar-refractivity contribution is -0.136. The fourth-order valence-corrected chi connectivity index (χ4v) is 2.34. The molecule has 25 heavy (non-hydrogen) atoms. The van der Waals surface area contributed by atoms with Gasteiger partial charge in [-0.2, -0.15) is 5.10 Å². The molecule has 2 N–H and O–H groups in total. The zero-order valence-corrected chi connectivity index (χ0v) is 13.8. The van der Waals surface area contributed by atoms with Crippen LogP contribution in [0.4, 0.5) is 5.69 Å². The Hall–Kier alpha value is -3.35. The van der Waals surface area contributed by atoms with Crippen LogP contribution in [0.15, 0.2) is 41.5 Å². The Morgan fingerprint density at radius 3 is 2.64 bits per heavy atom. The van der Waals surface area contributed by atoms with Crippen LogP contribution in [0.3, 0.4) is 0 Å². The maximum absolute atomic E-state index is 11.9. The zero-order valence-electron chi connectivity index (χ0n) is 13.8. The molecule has 2 amide bonds. The number of ether oxygens (including phenoxy) is 2. The molecule has 0 spiro atoms. The summed E-state index contributed by atoms with van der Waals surface area (Å²) in [6.45, 7) is 4.00. The van der Waals surface area contributed by atoms with Crippen molar-refractivity contribution in [2.45, 2.75) is 13.8 Å². The van der Waals surface area contributed by atoms with Crippen molar-refractivity contribution in [2.75, 3.05) is 12.1 Å². The summed E-state index contributed by atoms with van der Waals surface area (Å²) in [7, 11) is 0. The summed E-state index contributed by atoms with van der Waals surface area (Å²) < 4.78 is 10.5. The van der Waals surface area contributed by atoms with Gasteiger partial charge in [0.15, 0.2) is 11.5 Å². The summed E-state index contributed by atoms with van der Waals surface area (Å²) in [6, 6.07) is 10.8. The molecule has 0 aromatic heterocycles. The molecule has 0 saturated carbocycles. The van der Waals surface area contributed by atoms with Crippen LogP contribution in [0.1, 0.15) is 16.7 Å². The lowest BCUT2D eigenvalue weighted by Gasteiger charge is -2.08. The van der Waals surface area contributed by atoms with Crippen molar-refractivity contribution >= 4 is 23.7 Å². The third-order valence-corrected chi connectivity index (χ3v) is 3.61. The Kier molecular flexibility index (Phi) is 4.65. The standard InChI is InChI=1S/C18H17N3O4/c1-11-3-5-14(12(2)7-11)20-17(22)18(23)21-19-9-13-4-6-15-16(8-13)25-10-24-15/h3-9H,10H2,1-2H3,(H,20,22)(H,21,23). The van der Waals surface area contributed by atoms with Crippen LogP contribution in [-0.4, -0.2) is 24.8 Å². The van der Waals surface area contributed by atoms with Gasteiger partial charge in [0.05, 0.1) is 6.21 Å². The van der Waals surface area contributed by atoms with Gasteiger partial charge in [0, 0.05) is 5.69 Å². The number of nitrogens with zero attached hydrogens (tertiary/aromatic N) is 1. The van der Waals surface area contributed by atoms with Crippen LogP contribution >= 0.6 is 0 Å². The molecular formula is C18H17N3O4. The van der Waals surface area contributed by atoms with E-state index in [1.165, 1.54) is 6.21 Å². The number of hydrogen-bond donors (Lipinski definition) is 2. The summed E-state index contributed by atoms with van der Waals surface area (Å²) in [5.74, 6) is -0.358. The SMILES string of the molecule is Cc1ccc(NC(=O)C(=O)NN=Cc2ccc3c(c2)OCO3)c(C)c1. The van der Waals surface area contributed by atoms with Gasteiger partial charge in [0.25, 0.3) is 0 Å². The van der Waals surface area contributed by atoms with Gasteiger partial charge in [-0.25, -0.2) is 5.43 Å². The molecule has 0 fully saturated rings. The smallest absolute Gasteiger partial charge is 0.329 e. The third kappa shape index (κ3) is 3.95. The first-order chi connectivity index (χ1) is 12.0. The molecule has 0 saturated heterocycles. The average Bonchev–Trinajstić information content (AvgIpc) is 3.05. The molecule has 0 bridgehead atoms. The molecule has 0 radical (unpaired) electrons. The minimum Gasteiger partial charge on any atom is -0.454 e. The summed E-state index contributed by atoms with van der Waals surface area (Å²) in [6.07, 6.45) is 1.42. The second-order valence-corrected chi connectivity index (χ2v) is 5.58. The minimum atomic E-state index is -0.850. The molecule has 2 aromatic rings. The first-order valence-corrected chi connectivity index (χ1v) is 7.64. The van der Waals surface area contributed by atoms with Gasteiger partial charge < -0.3 is 14.8 Å². The fraction of sp³-hybridized carbons (Fsp3) is 0.167. The van der Waals surface area contributed by atoms with Gasteiger partial charge in [0.2, 0.25) is 6.79 Å². The second-order valence-electron chi connectivity index (χ2n) is 5.58. The largest absolute Gasteiger partial charge is 0.454 e. The van der Waals surface area contributed by atoms with Crippen molar-refractivity contribution < 1.29 is 19.1 Å². The Balaban J connectivity index is 1.57. The van der Waals surface area contributed by atoms with Crippen molar-refractivity contribution in [3.63, 3.8) is 0 Å². The lowest BCUT2D eigenvalue weighted by Crippen LogP contribution is -2.32. The van der Waals surface area contributed by atoms with Gasteiger partial charge in [-0.05, 0) is 49.2 Å². The number of nitrogens with one attached hydrogen (secondary N) is 2. The van der Waals surface area contributed by atoms with Crippen molar-refractivity contribution in [3.05, 3.63) is 53.1 Å². The molecule has 7 nitrogen and oxygen atoms in total. The van der Waals surface area contributed by atoms with Crippen LogP contribution in [0.5, 0.6) is 11.5 Å². The Morgan fingerprint density at radius 2 is 1.84 bits per heavy atom. The molecule has 128 valence electrons. The number of hydrazone groups is 1. The Labute approximate surface area is 144 Å². The molecular weight excluding hydrogens is 322 g/mol. The van der Waals surface area contributed by atoms with Crippen LogP contribution in [0, 0.1) is 13.8 Å². The van der Waals surface area contributed by atoms with E-state index >= 15 is 0 Å². The van der Waals surface area contributed by atoms with Gasteiger partial charge in [-0.15, -0.1) is 0 Å². The monoisotopic (exact) mass is 339 g/mol. The summed E-state index contributed by atoms with van der Waals surface area (Å²) >= 11 is 0. The van der Waals surface area contributed by atoms with Crippen molar-refractivity contribution in [3.8, 4) is 11.5 Å². The number of hydrogen-bond acceptors (Lipinski definition) is 5. The Morgan fingerprint density at radius 1 is 1.04 bits per heavy atom. The molecule has 1 aliphatic rings. The van der Waals surface area contributed by atoms with E-state index < -0.39 is 11.8 Å². The fourth-order valence-electron chi connectivity index (χ4n) is 2.34. The predicted molar refractivity (Wildman–Crippen MR) is 92.8 cm³/mol. The molecule has 0 unspecified atom stereocenters. The lowest BCUT2D eigenvalue weighted by atomic mass is 10.1. The van der Waals surface area contributed by atoms with Crippen LogP contribution in [-0.2, 0) is 9.59 Å². The highest BCUT2D eigenvalue weighted by atomic mass is 16.7. The van der Waals surface area contributed by atoms with E-state index in [1.54, 1.807) is 24.3 Å². The van der Waals surface area contributed by atoms with E-state index in [2.05, 4.69) is 15.8 Å². The highest BCUT2D eigenvalue weighted by Gasteiger charge is 2.14. The van der Waals surface area contributed by atoms with E-state index in [4.69, 9.17) is 9.47 Å². The minimum absolute atomic E-state index is 0.186. The van der Waals surface area contributed by atoms with E-state index in [1.807, 2.05) is 26.0 Å². The number of carbonyl (C=O) groups is 2. The predicted octanol–water partition coefficient (Wildman–Crippen LogP) is 2.12. The van der Waals surface area contributed by atoms with Crippen molar-refractivity contribution in [1.82, 2.24) is 5.43 Å². The second kappa shape index (κ2) is 7.04. The van der Waals surface area contributed by atoms with Gasteiger partial charge in [-0.1, -0.05) is 17.7 Å². The van der Waals surface area contributed by atoms with E-state index in [9.17, 15) is 9.59 Å². The quantitative estimate of drug-likeness (QED) is 0.509. The highest BCUT2D eigenvalue weighted by Crippen LogP contribution is 2.31. The average molecular weight is 339 g/mol. The van der Waals surface area contributed by atoms with E-state index in [-0.39, 0.29) is 6.79 Å². The molecule has 3 rings (SSSR count). The first-order valence-electron chi connectivity index (χ1n) is 7.64. The summed E-state index contributed by atoms with van der Waals surface area (Å²) in [4.78, 5) is 23.7. The molecule has 2 aromatic carbocycles. The molecule has 1 aliphatic heterocycles. The third-order valence-electron chi connectivity index (χ3n) is 3.61. The number of carbonyl (C=O) groups excluding carboxylic acids is 2. The van der Waals surface area contributed by atoms with Crippen LogP contribution in [0.25, 0.3) is 0 Å². The number of amides is 2. The van der Waals surface area contributed by atoms with Crippen molar-refractivity contribution in [1.29, 1.82) is 0 Å². The van der Waals surface area contributed by atoms with Gasteiger partial charge in [-0.3, -0.25) is 9.59 Å². The topological polar surface area (TPSA) is 89.0 Å². The Bertz CT molecular complexity index is 861. The van der Waals surface area contributed by atoms with E-state index in [0.717, 1.165) is 11.1 Å². The number of benzene rings is 2. The van der Waals surface area contributed by atoms with Crippen LogP contribution < -0.4 is 20.2 Å². The normalized spacial score (nSPS) is 12.2. The number of rotatable bonds is 3. The maximum atomic E-state index is 11.9. The zero-order chi connectivity index (χ0) is 17.8. The van der Waals surface area contributed by atoms with Crippen molar-refractivity contribution in [2.24, 2.45) is 5.10 Å². The molecule has 0 aliphatic carbocycles. The van der Waals surface area contributed by atoms with E-state index in [0.29, 0.717) is 22.7 Å². The molecule has 1 heterocycles. The van der Waals surface area contributed by atoms with Gasteiger partial charge in [0.1, 0.15) is 0 Å². The highest BCUT2D eigenvalue weighted by molar-refractivity contribution is 6.39. The first kappa shape index (κ1) is 16.5. The number of anilines is 1. The maximum Gasteiger partial charge on any atom is 0.329 e. The molecule has 0 atom stereocenters.